The number of hydrogen-bond donors (Lipinski definition) is 3. The van der Waals surface area contributed by atoms with E-state index in [1.807, 2.05) is 0 Å². The Morgan fingerprint density at radius 2 is 2.03 bits per heavy atom. The summed E-state index contributed by atoms with van der Waals surface area (Å²) in [5.41, 5.74) is 4.72. The molecule has 0 saturated carbocycles. The Labute approximate surface area is 206 Å². The molecule has 2 unspecified atom stereocenters. The van der Waals surface area contributed by atoms with Crippen molar-refractivity contribution in [3.05, 3.63) is 53.4 Å². The molecule has 0 aliphatic carbocycles. The van der Waals surface area contributed by atoms with Crippen LogP contribution in [0.1, 0.15) is 27.2 Å². The van der Waals surface area contributed by atoms with Gasteiger partial charge in [0, 0.05) is 18.8 Å². The average Bonchev–Trinajstić information content (AvgIpc) is 3.09. The second-order valence-corrected chi connectivity index (χ2v) is 9.11. The number of halogens is 4. The maximum absolute atomic E-state index is 13.3. The zero-order valence-electron chi connectivity index (χ0n) is 19.5. The van der Waals surface area contributed by atoms with Crippen LogP contribution in [0.4, 0.5) is 13.2 Å². The van der Waals surface area contributed by atoms with Gasteiger partial charge in [-0.3, -0.25) is 9.59 Å². The first-order valence-electron chi connectivity index (χ1n) is 10.7. The van der Waals surface area contributed by atoms with E-state index < -0.39 is 42.0 Å². The molecule has 2 rings (SSSR count). The number of aliphatic hydroxyl groups is 1. The van der Waals surface area contributed by atoms with Gasteiger partial charge in [-0.05, 0) is 38.5 Å². The minimum absolute atomic E-state index is 0.119. The highest BCUT2D eigenvalue weighted by Crippen LogP contribution is 2.32. The van der Waals surface area contributed by atoms with E-state index >= 15 is 0 Å². The second kappa shape index (κ2) is 11.6. The third-order valence-corrected chi connectivity index (χ3v) is 5.23. The van der Waals surface area contributed by atoms with Crippen LogP contribution in [0.25, 0.3) is 0 Å². The van der Waals surface area contributed by atoms with Crippen LogP contribution >= 0.6 is 11.6 Å². The SMILES string of the molecule is CC(CC(C(=O)N=C(N)/C=C\NCC(C)(C)O)N1CC(Oc2ccccc2Cl)=CC1=O)C(F)(F)F. The van der Waals surface area contributed by atoms with Crippen LogP contribution < -0.4 is 15.8 Å². The highest BCUT2D eigenvalue weighted by Gasteiger charge is 2.42. The Bertz CT molecular complexity index is 1020. The number of carbonyl (C=O) groups is 2. The number of rotatable bonds is 10. The molecule has 0 spiro atoms. The molecule has 8 nitrogen and oxygen atoms in total. The van der Waals surface area contributed by atoms with Crippen molar-refractivity contribution in [2.45, 2.75) is 45.0 Å². The first-order valence-corrected chi connectivity index (χ1v) is 11.1. The van der Waals surface area contributed by atoms with Gasteiger partial charge in [-0.1, -0.05) is 30.7 Å². The van der Waals surface area contributed by atoms with Crippen LogP contribution in [0.2, 0.25) is 5.02 Å². The number of benzene rings is 1. The lowest BCUT2D eigenvalue weighted by Crippen LogP contribution is -2.45. The van der Waals surface area contributed by atoms with Crippen molar-refractivity contribution in [2.24, 2.45) is 16.6 Å². The number of nitrogens with two attached hydrogens (primary N) is 1. The Kier molecular flexibility index (Phi) is 9.33. The number of carbonyl (C=O) groups excluding carboxylic acids is 2. The molecular weight excluding hydrogens is 489 g/mol. The van der Waals surface area contributed by atoms with Gasteiger partial charge >= 0.3 is 6.18 Å². The molecule has 0 radical (unpaired) electrons. The van der Waals surface area contributed by atoms with Gasteiger partial charge in [-0.15, -0.1) is 0 Å². The topological polar surface area (TPSA) is 117 Å². The van der Waals surface area contributed by atoms with Crippen molar-refractivity contribution < 1.29 is 32.6 Å². The molecule has 2 atom stereocenters. The van der Waals surface area contributed by atoms with E-state index in [9.17, 15) is 27.9 Å². The van der Waals surface area contributed by atoms with Gasteiger partial charge in [0.1, 0.15) is 23.4 Å². The van der Waals surface area contributed by atoms with E-state index in [1.54, 1.807) is 38.1 Å². The number of aliphatic imine (C=N–C) groups is 1. The fraction of sp³-hybridized carbons (Fsp3) is 0.435. The summed E-state index contributed by atoms with van der Waals surface area (Å²) in [5, 5.41) is 12.7. The molecule has 1 aliphatic heterocycles. The van der Waals surface area contributed by atoms with Gasteiger partial charge in [0.05, 0.1) is 23.1 Å². The molecule has 12 heteroatoms. The quantitative estimate of drug-likeness (QED) is 0.325. The smallest absolute Gasteiger partial charge is 0.391 e. The summed E-state index contributed by atoms with van der Waals surface area (Å²) >= 11 is 6.05. The number of alkyl halides is 3. The third kappa shape index (κ3) is 8.91. The first-order chi connectivity index (χ1) is 16.2. The number of amides is 2. The Balaban J connectivity index is 2.19. The van der Waals surface area contributed by atoms with Crippen LogP contribution in [-0.4, -0.2) is 58.6 Å². The fourth-order valence-electron chi connectivity index (χ4n) is 3.03. The van der Waals surface area contributed by atoms with E-state index in [0.29, 0.717) is 0 Å². The highest BCUT2D eigenvalue weighted by molar-refractivity contribution is 6.32. The van der Waals surface area contributed by atoms with Crippen molar-refractivity contribution in [3.63, 3.8) is 0 Å². The Hall–Kier alpha value is -3.05. The van der Waals surface area contributed by atoms with Crippen molar-refractivity contribution >= 4 is 29.3 Å². The van der Waals surface area contributed by atoms with E-state index in [-0.39, 0.29) is 35.5 Å². The van der Waals surface area contributed by atoms with E-state index in [2.05, 4.69) is 10.3 Å². The van der Waals surface area contributed by atoms with E-state index in [0.717, 1.165) is 17.9 Å². The lowest BCUT2D eigenvalue weighted by atomic mass is 9.99. The molecule has 0 aromatic heterocycles. The van der Waals surface area contributed by atoms with Crippen LogP contribution in [0.3, 0.4) is 0 Å². The van der Waals surface area contributed by atoms with Crippen molar-refractivity contribution in [1.82, 2.24) is 10.2 Å². The summed E-state index contributed by atoms with van der Waals surface area (Å²) in [6.07, 6.45) is -1.63. The molecule has 35 heavy (non-hydrogen) atoms. The van der Waals surface area contributed by atoms with Crippen molar-refractivity contribution in [2.75, 3.05) is 13.1 Å². The average molecular weight is 517 g/mol. The molecule has 1 aromatic rings. The van der Waals surface area contributed by atoms with Gasteiger partial charge in [-0.25, -0.2) is 0 Å². The molecule has 4 N–H and O–H groups in total. The Morgan fingerprint density at radius 3 is 2.63 bits per heavy atom. The van der Waals surface area contributed by atoms with E-state index in [4.69, 9.17) is 22.1 Å². The summed E-state index contributed by atoms with van der Waals surface area (Å²) in [6, 6.07) is 4.95. The van der Waals surface area contributed by atoms with Gasteiger partial charge in [0.15, 0.2) is 0 Å². The minimum atomic E-state index is -4.58. The lowest BCUT2D eigenvalue weighted by Gasteiger charge is -2.28. The monoisotopic (exact) mass is 516 g/mol. The molecule has 1 heterocycles. The van der Waals surface area contributed by atoms with Crippen molar-refractivity contribution in [3.8, 4) is 5.75 Å². The van der Waals surface area contributed by atoms with Crippen molar-refractivity contribution in [1.29, 1.82) is 0 Å². The number of amidine groups is 1. The second-order valence-electron chi connectivity index (χ2n) is 8.71. The predicted molar refractivity (Wildman–Crippen MR) is 126 cm³/mol. The van der Waals surface area contributed by atoms with Gasteiger partial charge in [0.2, 0.25) is 0 Å². The maximum Gasteiger partial charge on any atom is 0.391 e. The zero-order chi connectivity index (χ0) is 26.4. The lowest BCUT2D eigenvalue weighted by molar-refractivity contribution is -0.175. The standard InChI is InChI=1S/C23H28ClF3N4O4/c1-14(23(25,26)27)10-17(21(33)30-19(28)8-9-29-13-22(2,3)34)31-12-15(11-20(31)32)35-18-7-5-4-6-16(18)24/h4-9,11,14,17,29,34H,10,12-13H2,1-3H3,(H2,28,30,33)/b9-8-. The molecule has 192 valence electrons. The van der Waals surface area contributed by atoms with Gasteiger partial charge in [0.25, 0.3) is 11.8 Å². The first kappa shape index (κ1) is 28.2. The zero-order valence-corrected chi connectivity index (χ0v) is 20.2. The predicted octanol–water partition coefficient (Wildman–Crippen LogP) is 3.16. The molecule has 2 amide bonds. The number of nitrogens with one attached hydrogen (secondary N) is 1. The summed E-state index contributed by atoms with van der Waals surface area (Å²) in [6.45, 7) is 4.00. The van der Waals surface area contributed by atoms with Crippen LogP contribution in [0, 0.1) is 5.92 Å². The summed E-state index contributed by atoms with van der Waals surface area (Å²) in [5.74, 6) is -3.50. The van der Waals surface area contributed by atoms with Crippen LogP contribution in [0.5, 0.6) is 5.75 Å². The van der Waals surface area contributed by atoms with Crippen LogP contribution in [-0.2, 0) is 9.59 Å². The Morgan fingerprint density at radius 1 is 1.37 bits per heavy atom. The molecule has 0 saturated heterocycles. The van der Waals surface area contributed by atoms with E-state index in [1.165, 1.54) is 12.3 Å². The summed E-state index contributed by atoms with van der Waals surface area (Å²) in [4.78, 5) is 30.1. The molecule has 0 bridgehead atoms. The number of ether oxygens (including phenoxy) is 1. The maximum atomic E-state index is 13.3. The third-order valence-electron chi connectivity index (χ3n) is 4.91. The van der Waals surface area contributed by atoms with Gasteiger partial charge in [-0.2, -0.15) is 18.2 Å². The molecule has 1 aromatic carbocycles. The highest BCUT2D eigenvalue weighted by atomic mass is 35.5. The number of para-hydroxylation sites is 1. The molecule has 0 fully saturated rings. The molecular formula is C23H28ClF3N4O4. The number of nitrogens with zero attached hydrogens (tertiary/aromatic N) is 2. The fourth-order valence-corrected chi connectivity index (χ4v) is 3.20. The van der Waals surface area contributed by atoms with Gasteiger partial charge < -0.3 is 25.8 Å². The summed E-state index contributed by atoms with van der Waals surface area (Å²) < 4.78 is 45.4. The largest absolute Gasteiger partial charge is 0.458 e. The minimum Gasteiger partial charge on any atom is -0.458 e. The molecule has 1 aliphatic rings. The summed E-state index contributed by atoms with van der Waals surface area (Å²) in [7, 11) is 0. The normalized spacial score (nSPS) is 16.9. The van der Waals surface area contributed by atoms with Crippen LogP contribution in [0.15, 0.2) is 53.4 Å². The number of hydrogen-bond acceptors (Lipinski definition) is 5.